The van der Waals surface area contributed by atoms with Crippen molar-refractivity contribution >= 4 is 11.8 Å². The van der Waals surface area contributed by atoms with E-state index < -0.39 is 12.1 Å². The number of aliphatic carboxylic acids is 1. The third-order valence-electron chi connectivity index (χ3n) is 4.63. The Kier molecular flexibility index (Phi) is 10.3. The largest absolute Gasteiger partial charge is 0.481 e. The first-order valence-electron chi connectivity index (χ1n) is 9.34. The molecule has 0 saturated carbocycles. The van der Waals surface area contributed by atoms with Crippen LogP contribution in [-0.2, 0) is 9.59 Å². The van der Waals surface area contributed by atoms with E-state index in [0.717, 1.165) is 51.4 Å². The standard InChI is InChI=1S/C20H32O4/c1-2-3-6-9-17(21)14-12-16-13-15-19(22)18(16)10-7-4-5-8-11-20(23)24/h12-18,21H,2-11H2,1H3,(H,23,24)/b14-12+. The molecule has 1 aliphatic rings. The van der Waals surface area contributed by atoms with E-state index in [1.807, 2.05) is 18.2 Å². The SMILES string of the molecule is CCCCCC(O)/C=C/C1C=CC(=O)C1CCCCCCC(=O)O. The molecule has 0 aromatic carbocycles. The highest BCUT2D eigenvalue weighted by atomic mass is 16.4. The summed E-state index contributed by atoms with van der Waals surface area (Å²) in [6, 6.07) is 0. The summed E-state index contributed by atoms with van der Waals surface area (Å²) in [5.74, 6) is -0.482. The van der Waals surface area contributed by atoms with Gasteiger partial charge in [-0.2, -0.15) is 0 Å². The van der Waals surface area contributed by atoms with Gasteiger partial charge in [-0.25, -0.2) is 0 Å². The van der Waals surface area contributed by atoms with Crippen LogP contribution in [0.2, 0.25) is 0 Å². The maximum atomic E-state index is 12.0. The number of unbranched alkanes of at least 4 members (excludes halogenated alkanes) is 5. The molecule has 0 heterocycles. The molecular formula is C20H32O4. The first-order chi connectivity index (χ1) is 11.5. The molecule has 0 saturated heterocycles. The Labute approximate surface area is 145 Å². The number of aliphatic hydroxyl groups excluding tert-OH is 1. The predicted molar refractivity (Wildman–Crippen MR) is 95.8 cm³/mol. The van der Waals surface area contributed by atoms with Crippen LogP contribution in [-0.4, -0.2) is 28.1 Å². The van der Waals surface area contributed by atoms with Gasteiger partial charge in [-0.3, -0.25) is 9.59 Å². The molecule has 0 amide bonds. The molecule has 2 N–H and O–H groups in total. The Hall–Kier alpha value is -1.42. The zero-order chi connectivity index (χ0) is 17.8. The lowest BCUT2D eigenvalue weighted by Crippen LogP contribution is -2.15. The van der Waals surface area contributed by atoms with Gasteiger partial charge in [0, 0.05) is 18.3 Å². The minimum absolute atomic E-state index is 0.0106. The average molecular weight is 336 g/mol. The Morgan fingerprint density at radius 2 is 1.96 bits per heavy atom. The van der Waals surface area contributed by atoms with Crippen LogP contribution in [0.5, 0.6) is 0 Å². The fraction of sp³-hybridized carbons (Fsp3) is 0.700. The minimum atomic E-state index is -0.743. The van der Waals surface area contributed by atoms with Crippen LogP contribution < -0.4 is 0 Å². The van der Waals surface area contributed by atoms with Crippen molar-refractivity contribution in [2.45, 2.75) is 77.2 Å². The van der Waals surface area contributed by atoms with Gasteiger partial charge in [-0.1, -0.05) is 63.7 Å². The fourth-order valence-electron chi connectivity index (χ4n) is 3.14. The normalized spacial score (nSPS) is 21.7. The number of ketones is 1. The summed E-state index contributed by atoms with van der Waals surface area (Å²) in [5.41, 5.74) is 0. The van der Waals surface area contributed by atoms with E-state index >= 15 is 0 Å². The molecule has 0 fully saturated rings. The highest BCUT2D eigenvalue weighted by molar-refractivity contribution is 5.94. The Morgan fingerprint density at radius 3 is 2.67 bits per heavy atom. The van der Waals surface area contributed by atoms with Gasteiger partial charge in [0.25, 0.3) is 0 Å². The number of carbonyl (C=O) groups is 2. The van der Waals surface area contributed by atoms with Crippen molar-refractivity contribution in [2.75, 3.05) is 0 Å². The lowest BCUT2D eigenvalue weighted by molar-refractivity contribution is -0.137. The van der Waals surface area contributed by atoms with Gasteiger partial charge in [-0.05, 0) is 25.3 Å². The molecule has 0 bridgehead atoms. The molecule has 0 aliphatic heterocycles. The van der Waals surface area contributed by atoms with Crippen LogP contribution in [0, 0.1) is 11.8 Å². The molecule has 0 aromatic rings. The topological polar surface area (TPSA) is 74.6 Å². The molecular weight excluding hydrogens is 304 g/mol. The van der Waals surface area contributed by atoms with E-state index in [1.54, 1.807) is 6.08 Å². The summed E-state index contributed by atoms with van der Waals surface area (Å²) < 4.78 is 0. The van der Waals surface area contributed by atoms with Crippen molar-refractivity contribution in [2.24, 2.45) is 11.8 Å². The highest BCUT2D eigenvalue weighted by Crippen LogP contribution is 2.29. The van der Waals surface area contributed by atoms with E-state index in [9.17, 15) is 14.7 Å². The van der Waals surface area contributed by atoms with Crippen LogP contribution in [0.15, 0.2) is 24.3 Å². The summed E-state index contributed by atoms with van der Waals surface area (Å²) in [7, 11) is 0. The highest BCUT2D eigenvalue weighted by Gasteiger charge is 2.27. The molecule has 1 aliphatic carbocycles. The van der Waals surface area contributed by atoms with Crippen molar-refractivity contribution < 1.29 is 19.8 Å². The maximum Gasteiger partial charge on any atom is 0.303 e. The van der Waals surface area contributed by atoms with Crippen LogP contribution >= 0.6 is 0 Å². The lowest BCUT2D eigenvalue weighted by atomic mass is 9.88. The van der Waals surface area contributed by atoms with Gasteiger partial charge in [0.2, 0.25) is 0 Å². The molecule has 24 heavy (non-hydrogen) atoms. The van der Waals surface area contributed by atoms with E-state index in [1.165, 1.54) is 0 Å². The second-order valence-corrected chi connectivity index (χ2v) is 6.74. The summed E-state index contributed by atoms with van der Waals surface area (Å²) in [6.45, 7) is 2.14. The van der Waals surface area contributed by atoms with Crippen LogP contribution in [0.4, 0.5) is 0 Å². The Balaban J connectivity index is 2.29. The number of carbonyl (C=O) groups excluding carboxylic acids is 1. The van der Waals surface area contributed by atoms with Crippen LogP contribution in [0.3, 0.4) is 0 Å². The second-order valence-electron chi connectivity index (χ2n) is 6.74. The van der Waals surface area contributed by atoms with Crippen LogP contribution in [0.25, 0.3) is 0 Å². The molecule has 0 aromatic heterocycles. The number of carboxylic acid groups (broad SMARTS) is 1. The molecule has 1 rings (SSSR count). The summed E-state index contributed by atoms with van der Waals surface area (Å²) in [4.78, 5) is 22.4. The van der Waals surface area contributed by atoms with E-state index in [0.29, 0.717) is 6.42 Å². The van der Waals surface area contributed by atoms with Gasteiger partial charge in [0.05, 0.1) is 6.10 Å². The summed E-state index contributed by atoms with van der Waals surface area (Å²) >= 11 is 0. The third kappa shape index (κ3) is 8.44. The fourth-order valence-corrected chi connectivity index (χ4v) is 3.14. The Morgan fingerprint density at radius 1 is 1.21 bits per heavy atom. The first-order valence-corrected chi connectivity index (χ1v) is 9.34. The number of aliphatic hydroxyl groups is 1. The third-order valence-corrected chi connectivity index (χ3v) is 4.63. The van der Waals surface area contributed by atoms with Crippen molar-refractivity contribution in [1.29, 1.82) is 0 Å². The zero-order valence-corrected chi connectivity index (χ0v) is 14.8. The van der Waals surface area contributed by atoms with E-state index in [4.69, 9.17) is 5.11 Å². The molecule has 0 radical (unpaired) electrons. The number of allylic oxidation sites excluding steroid dienone is 3. The molecule has 3 unspecified atom stereocenters. The number of hydrogen-bond acceptors (Lipinski definition) is 3. The number of carboxylic acids is 1. The van der Waals surface area contributed by atoms with Crippen molar-refractivity contribution in [1.82, 2.24) is 0 Å². The number of rotatable bonds is 13. The second kappa shape index (κ2) is 12.0. The molecule has 4 heteroatoms. The van der Waals surface area contributed by atoms with Crippen LogP contribution in [0.1, 0.15) is 71.1 Å². The number of hydrogen-bond donors (Lipinski definition) is 2. The van der Waals surface area contributed by atoms with Gasteiger partial charge in [-0.15, -0.1) is 0 Å². The van der Waals surface area contributed by atoms with Crippen molar-refractivity contribution in [3.8, 4) is 0 Å². The summed E-state index contributed by atoms with van der Waals surface area (Å²) in [5, 5.41) is 18.6. The van der Waals surface area contributed by atoms with E-state index in [-0.39, 0.29) is 24.0 Å². The average Bonchev–Trinajstić information content (AvgIpc) is 2.89. The zero-order valence-electron chi connectivity index (χ0n) is 14.8. The first kappa shape index (κ1) is 20.6. The minimum Gasteiger partial charge on any atom is -0.481 e. The molecule has 136 valence electrons. The lowest BCUT2D eigenvalue weighted by Gasteiger charge is -2.15. The predicted octanol–water partition coefficient (Wildman–Crippen LogP) is 4.28. The smallest absolute Gasteiger partial charge is 0.303 e. The van der Waals surface area contributed by atoms with Gasteiger partial charge in [0.15, 0.2) is 5.78 Å². The van der Waals surface area contributed by atoms with Crippen molar-refractivity contribution in [3.63, 3.8) is 0 Å². The monoisotopic (exact) mass is 336 g/mol. The van der Waals surface area contributed by atoms with Gasteiger partial charge < -0.3 is 10.2 Å². The van der Waals surface area contributed by atoms with Crippen molar-refractivity contribution in [3.05, 3.63) is 24.3 Å². The molecule has 3 atom stereocenters. The van der Waals surface area contributed by atoms with Gasteiger partial charge >= 0.3 is 5.97 Å². The summed E-state index contributed by atoms with van der Waals surface area (Å²) in [6.07, 6.45) is 15.7. The molecule has 4 nitrogen and oxygen atoms in total. The quantitative estimate of drug-likeness (QED) is 0.389. The Bertz CT molecular complexity index is 439. The maximum absolute atomic E-state index is 12.0. The van der Waals surface area contributed by atoms with E-state index in [2.05, 4.69) is 6.92 Å². The molecule has 0 spiro atoms. The van der Waals surface area contributed by atoms with Gasteiger partial charge in [0.1, 0.15) is 0 Å².